The highest BCUT2D eigenvalue weighted by Crippen LogP contribution is 2.28. The Hall–Kier alpha value is -1.37. The van der Waals surface area contributed by atoms with E-state index in [0.29, 0.717) is 11.8 Å². The molecule has 1 N–H and O–H groups in total. The fourth-order valence-corrected chi connectivity index (χ4v) is 4.15. The zero-order valence-electron chi connectivity index (χ0n) is 14.1. The first kappa shape index (κ1) is 18.4. The van der Waals surface area contributed by atoms with E-state index in [1.807, 2.05) is 33.8 Å². The second kappa shape index (κ2) is 7.48. The number of carbonyl (C=O) groups is 1. The van der Waals surface area contributed by atoms with Gasteiger partial charge in [0.15, 0.2) is 0 Å². The highest BCUT2D eigenvalue weighted by molar-refractivity contribution is 9.10. The molecule has 2 aliphatic heterocycles. The second-order valence-electron chi connectivity index (χ2n) is 6.64. The van der Waals surface area contributed by atoms with Gasteiger partial charge in [0.05, 0.1) is 23.1 Å². The summed E-state index contributed by atoms with van der Waals surface area (Å²) in [7, 11) is 0. The summed E-state index contributed by atoms with van der Waals surface area (Å²) in [6.45, 7) is 5.87. The van der Waals surface area contributed by atoms with E-state index >= 15 is 0 Å². The van der Waals surface area contributed by atoms with Crippen LogP contribution >= 0.6 is 28.3 Å². The molecule has 1 aromatic heterocycles. The Morgan fingerprint density at radius 2 is 1.88 bits per heavy atom. The van der Waals surface area contributed by atoms with Gasteiger partial charge < -0.3 is 10.2 Å². The van der Waals surface area contributed by atoms with Crippen molar-refractivity contribution in [2.24, 2.45) is 11.8 Å². The number of rotatable bonds is 3. The van der Waals surface area contributed by atoms with E-state index < -0.39 is 0 Å². The number of likely N-dealkylation sites (tertiary alicyclic amines) is 1. The molecule has 2 aromatic rings. The van der Waals surface area contributed by atoms with Crippen molar-refractivity contribution in [1.29, 1.82) is 0 Å². The van der Waals surface area contributed by atoms with E-state index in [0.717, 1.165) is 54.0 Å². The van der Waals surface area contributed by atoms with Crippen LogP contribution in [0.4, 0.5) is 0 Å². The van der Waals surface area contributed by atoms with Gasteiger partial charge in [0.2, 0.25) is 0 Å². The van der Waals surface area contributed by atoms with Crippen LogP contribution in [0.25, 0.3) is 5.69 Å². The molecule has 25 heavy (non-hydrogen) atoms. The number of fused-ring (bicyclic) bond motifs is 1. The molecule has 0 aliphatic carbocycles. The first-order valence-electron chi connectivity index (χ1n) is 8.50. The lowest BCUT2D eigenvalue weighted by Gasteiger charge is -2.17. The summed E-state index contributed by atoms with van der Waals surface area (Å²) >= 11 is 3.45. The van der Waals surface area contributed by atoms with Crippen LogP contribution in [0.3, 0.4) is 0 Å². The van der Waals surface area contributed by atoms with Gasteiger partial charge >= 0.3 is 0 Å². The van der Waals surface area contributed by atoms with Gasteiger partial charge in [0.25, 0.3) is 5.91 Å². The number of benzene rings is 1. The largest absolute Gasteiger partial charge is 0.338 e. The summed E-state index contributed by atoms with van der Waals surface area (Å²) in [4.78, 5) is 15.0. The molecule has 0 saturated carbocycles. The Kier molecular flexibility index (Phi) is 5.51. The molecule has 134 valence electrons. The van der Waals surface area contributed by atoms with Crippen molar-refractivity contribution in [3.63, 3.8) is 0 Å². The van der Waals surface area contributed by atoms with Crippen LogP contribution in [0.2, 0.25) is 0 Å². The molecule has 0 spiro atoms. The molecule has 3 heterocycles. The molecule has 2 saturated heterocycles. The molecule has 2 fully saturated rings. The van der Waals surface area contributed by atoms with Crippen molar-refractivity contribution in [3.05, 3.63) is 46.2 Å². The first-order valence-corrected chi connectivity index (χ1v) is 9.29. The van der Waals surface area contributed by atoms with E-state index in [1.54, 1.807) is 6.20 Å². The molecule has 1 amide bonds. The lowest BCUT2D eigenvalue weighted by atomic mass is 10.0. The van der Waals surface area contributed by atoms with Crippen molar-refractivity contribution < 1.29 is 4.79 Å². The van der Waals surface area contributed by atoms with Crippen molar-refractivity contribution in [1.82, 2.24) is 20.0 Å². The third-order valence-electron chi connectivity index (χ3n) is 5.18. The minimum Gasteiger partial charge on any atom is -0.338 e. The summed E-state index contributed by atoms with van der Waals surface area (Å²) in [5, 5.41) is 7.91. The lowest BCUT2D eigenvalue weighted by molar-refractivity contribution is 0.0780. The number of aromatic nitrogens is 2. The van der Waals surface area contributed by atoms with Crippen molar-refractivity contribution in [2.45, 2.75) is 13.3 Å². The Bertz CT molecular complexity index is 749. The number of hydrogen-bond acceptors (Lipinski definition) is 3. The Balaban J connectivity index is 0.00000182. The maximum atomic E-state index is 13.0. The SMILES string of the molecule is CCc1c(C(=O)N2C[C@H]3CNC[C@H]3C2)cnn1-c1ccc(Br)cc1.Cl. The maximum Gasteiger partial charge on any atom is 0.257 e. The Labute approximate surface area is 162 Å². The van der Waals surface area contributed by atoms with Crippen LogP contribution in [0.1, 0.15) is 23.0 Å². The van der Waals surface area contributed by atoms with E-state index in [2.05, 4.69) is 33.3 Å². The van der Waals surface area contributed by atoms with Gasteiger partial charge in [-0.1, -0.05) is 22.9 Å². The van der Waals surface area contributed by atoms with Crippen molar-refractivity contribution in [3.8, 4) is 5.69 Å². The number of carbonyl (C=O) groups excluding carboxylic acids is 1. The summed E-state index contributed by atoms with van der Waals surface area (Å²) in [6.07, 6.45) is 2.51. The smallest absolute Gasteiger partial charge is 0.257 e. The molecule has 0 bridgehead atoms. The van der Waals surface area contributed by atoms with Crippen molar-refractivity contribution >= 4 is 34.2 Å². The topological polar surface area (TPSA) is 50.2 Å². The van der Waals surface area contributed by atoms with E-state index in [1.165, 1.54) is 0 Å². The Morgan fingerprint density at radius 3 is 2.48 bits per heavy atom. The van der Waals surface area contributed by atoms with Gasteiger partial charge in [-0.05, 0) is 42.5 Å². The number of nitrogens with one attached hydrogen (secondary N) is 1. The van der Waals surface area contributed by atoms with E-state index in [4.69, 9.17) is 0 Å². The monoisotopic (exact) mass is 424 g/mol. The van der Waals surface area contributed by atoms with Gasteiger partial charge in [0, 0.05) is 30.7 Å². The average Bonchev–Trinajstić information content (AvgIpc) is 3.28. The fraction of sp³-hybridized carbons (Fsp3) is 0.444. The molecular formula is C18H22BrClN4O. The number of halogens is 2. The van der Waals surface area contributed by atoms with Gasteiger partial charge in [-0.25, -0.2) is 4.68 Å². The molecule has 0 unspecified atom stereocenters. The molecule has 7 heteroatoms. The number of amides is 1. The third-order valence-corrected chi connectivity index (χ3v) is 5.71. The maximum absolute atomic E-state index is 13.0. The summed E-state index contributed by atoms with van der Waals surface area (Å²) in [5.74, 6) is 1.35. The molecular weight excluding hydrogens is 404 g/mol. The zero-order valence-corrected chi connectivity index (χ0v) is 16.5. The van der Waals surface area contributed by atoms with Crippen LogP contribution in [0.5, 0.6) is 0 Å². The molecule has 0 radical (unpaired) electrons. The predicted molar refractivity (Wildman–Crippen MR) is 104 cm³/mol. The molecule has 2 atom stereocenters. The highest BCUT2D eigenvalue weighted by Gasteiger charge is 2.39. The lowest BCUT2D eigenvalue weighted by Crippen LogP contribution is -2.32. The summed E-state index contributed by atoms with van der Waals surface area (Å²) < 4.78 is 2.92. The zero-order chi connectivity index (χ0) is 16.7. The van der Waals surface area contributed by atoms with Gasteiger partial charge in [-0.2, -0.15) is 5.10 Å². The number of nitrogens with zero attached hydrogens (tertiary/aromatic N) is 3. The van der Waals surface area contributed by atoms with Crippen LogP contribution in [-0.2, 0) is 6.42 Å². The van der Waals surface area contributed by atoms with E-state index in [-0.39, 0.29) is 18.3 Å². The molecule has 1 aromatic carbocycles. The van der Waals surface area contributed by atoms with Gasteiger partial charge in [-0.3, -0.25) is 4.79 Å². The van der Waals surface area contributed by atoms with Crippen LogP contribution in [0.15, 0.2) is 34.9 Å². The Morgan fingerprint density at radius 1 is 1.24 bits per heavy atom. The fourth-order valence-electron chi connectivity index (χ4n) is 3.89. The molecule has 2 aliphatic rings. The van der Waals surface area contributed by atoms with Crippen LogP contribution in [-0.4, -0.2) is 46.8 Å². The van der Waals surface area contributed by atoms with Gasteiger partial charge in [0.1, 0.15) is 0 Å². The average molecular weight is 426 g/mol. The normalized spacial score (nSPS) is 21.9. The predicted octanol–water partition coefficient (Wildman–Crippen LogP) is 2.91. The quantitative estimate of drug-likeness (QED) is 0.822. The standard InChI is InChI=1S/C18H21BrN4O.ClH/c1-2-17-16(9-21-23(17)15-5-3-14(19)4-6-15)18(24)22-10-12-7-20-8-13(12)11-22;/h3-6,9,12-13,20H,2,7-8,10-11H2,1H3;1H/t12-,13+;. The first-order chi connectivity index (χ1) is 11.7. The highest BCUT2D eigenvalue weighted by atomic mass is 79.9. The van der Waals surface area contributed by atoms with E-state index in [9.17, 15) is 4.79 Å². The summed E-state index contributed by atoms with van der Waals surface area (Å²) in [6, 6.07) is 8.01. The minimum absolute atomic E-state index is 0. The molecule has 4 rings (SSSR count). The van der Waals surface area contributed by atoms with Crippen LogP contribution in [0, 0.1) is 11.8 Å². The molecule has 5 nitrogen and oxygen atoms in total. The van der Waals surface area contributed by atoms with Crippen LogP contribution < -0.4 is 5.32 Å². The minimum atomic E-state index is 0. The summed E-state index contributed by atoms with van der Waals surface area (Å²) in [5.41, 5.74) is 2.71. The number of hydrogen-bond donors (Lipinski definition) is 1. The third kappa shape index (κ3) is 3.35. The second-order valence-corrected chi connectivity index (χ2v) is 7.55. The van der Waals surface area contributed by atoms with Crippen molar-refractivity contribution in [2.75, 3.05) is 26.2 Å². The van der Waals surface area contributed by atoms with Gasteiger partial charge in [-0.15, -0.1) is 12.4 Å².